The lowest BCUT2D eigenvalue weighted by molar-refractivity contribution is 0.0186. The van der Waals surface area contributed by atoms with E-state index in [1.165, 1.54) is 0 Å². The fourth-order valence-electron chi connectivity index (χ4n) is 6.39. The number of carbonyl (C=O) groups excluding carboxylic acids is 2. The number of halogens is 1. The van der Waals surface area contributed by atoms with E-state index < -0.39 is 17.7 Å². The number of amides is 2. The molecule has 45 heavy (non-hydrogen) atoms. The predicted octanol–water partition coefficient (Wildman–Crippen LogP) is 7.22. The van der Waals surface area contributed by atoms with Crippen molar-refractivity contribution in [2.45, 2.75) is 64.1 Å². The van der Waals surface area contributed by atoms with Gasteiger partial charge >= 0.3 is 12.2 Å². The number of ether oxygens (including phenoxy) is 2. The quantitative estimate of drug-likeness (QED) is 0.250. The second kappa shape index (κ2) is 12.2. The summed E-state index contributed by atoms with van der Waals surface area (Å²) in [4.78, 5) is 46.4. The van der Waals surface area contributed by atoms with Crippen molar-refractivity contribution >= 4 is 34.7 Å². The molecule has 0 spiro atoms. The van der Waals surface area contributed by atoms with Gasteiger partial charge in [-0.15, -0.1) is 0 Å². The summed E-state index contributed by atoms with van der Waals surface area (Å²) < 4.78 is 13.0. The molecule has 0 saturated carbocycles. The predicted molar refractivity (Wildman–Crippen MR) is 174 cm³/mol. The van der Waals surface area contributed by atoms with Gasteiger partial charge in [-0.25, -0.2) is 14.6 Å². The maximum Gasteiger partial charge on any atom is 0.410 e. The summed E-state index contributed by atoms with van der Waals surface area (Å²) in [5.74, 6) is 0.326. The zero-order chi connectivity index (χ0) is 31.9. The number of nitrogens with one attached hydrogen (secondary N) is 1. The van der Waals surface area contributed by atoms with Gasteiger partial charge in [0.1, 0.15) is 18.0 Å². The number of alkyl carbamates (subject to hydrolysis) is 1. The molecule has 9 nitrogen and oxygen atoms in total. The number of fused-ring (bicyclic) bond motifs is 4. The summed E-state index contributed by atoms with van der Waals surface area (Å²) >= 11 is 6.48. The molecule has 0 unspecified atom stereocenters. The summed E-state index contributed by atoms with van der Waals surface area (Å²) in [6.07, 6.45) is 0.0534. The van der Waals surface area contributed by atoms with Gasteiger partial charge in [0.15, 0.2) is 0 Å². The lowest BCUT2D eigenvalue weighted by Crippen LogP contribution is -2.44. The second-order valence-electron chi connectivity index (χ2n) is 12.7. The Balaban J connectivity index is 1.22. The molecule has 1 atom stereocenters. The molecule has 1 aromatic heterocycles. The van der Waals surface area contributed by atoms with Gasteiger partial charge in [-0.05, 0) is 74.9 Å². The highest BCUT2D eigenvalue weighted by atomic mass is 35.5. The number of hydrogen-bond donors (Lipinski definition) is 1. The Kier molecular flexibility index (Phi) is 8.31. The molecule has 1 saturated heterocycles. The van der Waals surface area contributed by atoms with Crippen LogP contribution in [0.5, 0.6) is 0 Å². The maximum atomic E-state index is 14.0. The molecule has 1 aliphatic heterocycles. The first-order valence-corrected chi connectivity index (χ1v) is 15.7. The molecule has 2 heterocycles. The van der Waals surface area contributed by atoms with Crippen LogP contribution in [-0.4, -0.2) is 51.9 Å². The Bertz CT molecular complexity index is 1780. The fourth-order valence-corrected chi connectivity index (χ4v) is 6.64. The van der Waals surface area contributed by atoms with Gasteiger partial charge in [-0.1, -0.05) is 66.2 Å². The van der Waals surface area contributed by atoms with Crippen LogP contribution in [0.1, 0.15) is 75.5 Å². The number of likely N-dealkylation sites (tertiary alicyclic amines) is 1. The van der Waals surface area contributed by atoms with Gasteiger partial charge in [0.05, 0.1) is 22.0 Å². The smallest absolute Gasteiger partial charge is 0.410 e. The van der Waals surface area contributed by atoms with Crippen LogP contribution >= 0.6 is 11.6 Å². The Morgan fingerprint density at radius 1 is 0.978 bits per heavy atom. The van der Waals surface area contributed by atoms with E-state index in [0.29, 0.717) is 47.7 Å². The van der Waals surface area contributed by atoms with Crippen LogP contribution in [-0.2, 0) is 9.47 Å². The van der Waals surface area contributed by atoms with Gasteiger partial charge in [-0.2, -0.15) is 0 Å². The summed E-state index contributed by atoms with van der Waals surface area (Å²) in [5.41, 5.74) is 4.12. The number of aromatic nitrogens is 2. The number of piperidine rings is 1. The molecular formula is C35H37ClN4O5. The van der Waals surface area contributed by atoms with E-state index in [2.05, 4.69) is 29.6 Å². The van der Waals surface area contributed by atoms with E-state index >= 15 is 0 Å². The maximum absolute atomic E-state index is 14.0. The monoisotopic (exact) mass is 628 g/mol. The molecule has 234 valence electrons. The highest BCUT2D eigenvalue weighted by Crippen LogP contribution is 2.44. The van der Waals surface area contributed by atoms with Crippen LogP contribution in [0.2, 0.25) is 5.02 Å². The van der Waals surface area contributed by atoms with Gasteiger partial charge in [0.2, 0.25) is 0 Å². The summed E-state index contributed by atoms with van der Waals surface area (Å²) in [5, 5.41) is 3.54. The summed E-state index contributed by atoms with van der Waals surface area (Å²) in [6, 6.07) is 20.6. The molecule has 4 aromatic rings. The summed E-state index contributed by atoms with van der Waals surface area (Å²) in [7, 11) is 0. The van der Waals surface area contributed by atoms with Gasteiger partial charge < -0.3 is 19.7 Å². The molecule has 3 aromatic carbocycles. The number of nitrogens with zero attached hydrogens (tertiary/aromatic N) is 3. The Morgan fingerprint density at radius 3 is 2.22 bits per heavy atom. The first kappa shape index (κ1) is 30.6. The zero-order valence-electron chi connectivity index (χ0n) is 25.9. The number of carbonyl (C=O) groups is 2. The minimum atomic E-state index is -0.652. The third-order valence-electron chi connectivity index (χ3n) is 8.45. The largest absolute Gasteiger partial charge is 0.449 e. The van der Waals surface area contributed by atoms with Crippen LogP contribution in [0.15, 0.2) is 71.5 Å². The molecule has 10 heteroatoms. The van der Waals surface area contributed by atoms with E-state index in [1.54, 1.807) is 34.6 Å². The Morgan fingerprint density at radius 2 is 1.60 bits per heavy atom. The van der Waals surface area contributed by atoms with Crippen LogP contribution in [0.4, 0.5) is 9.59 Å². The van der Waals surface area contributed by atoms with Gasteiger partial charge in [0, 0.05) is 25.0 Å². The fraction of sp³-hybridized carbons (Fsp3) is 0.371. The van der Waals surface area contributed by atoms with Crippen LogP contribution in [0.3, 0.4) is 0 Å². The van der Waals surface area contributed by atoms with E-state index in [-0.39, 0.29) is 30.2 Å². The Hall–Kier alpha value is -4.37. The zero-order valence-corrected chi connectivity index (χ0v) is 26.6. The number of rotatable bonds is 5. The molecule has 1 fully saturated rings. The van der Waals surface area contributed by atoms with Crippen molar-refractivity contribution in [1.82, 2.24) is 19.8 Å². The minimum absolute atomic E-state index is 0.0762. The van der Waals surface area contributed by atoms with Crippen LogP contribution in [0, 0.1) is 0 Å². The SMILES string of the molecule is C[C@H](NC(=O)OCC1c2ccccc2-c2ccccc21)c1nc2cccc(Cl)c2c(=O)n1C1CCN(C(=O)OC(C)(C)C)CC1. The van der Waals surface area contributed by atoms with Crippen molar-refractivity contribution < 1.29 is 19.1 Å². The molecule has 2 aliphatic rings. The van der Waals surface area contributed by atoms with Crippen molar-refractivity contribution in [3.05, 3.63) is 99.1 Å². The van der Waals surface area contributed by atoms with Crippen molar-refractivity contribution in [3.8, 4) is 11.1 Å². The molecule has 0 bridgehead atoms. The molecule has 1 aliphatic carbocycles. The van der Waals surface area contributed by atoms with Crippen LogP contribution < -0.4 is 10.9 Å². The normalized spacial score (nSPS) is 15.8. The molecule has 1 N–H and O–H groups in total. The standard InChI is InChI=1S/C35H37ClN4O5/c1-21(37-33(42)44-20-27-25-12-7-5-10-23(25)24-11-6-8-13-26(24)27)31-38-29-15-9-14-28(36)30(29)32(41)40(31)22-16-18-39(19-17-22)34(43)45-35(2,3)4/h5-15,21-22,27H,16-20H2,1-4H3,(H,37,42)/t21-/m0/s1. The third kappa shape index (κ3) is 6.14. The van der Waals surface area contributed by atoms with Gasteiger partial charge in [-0.3, -0.25) is 9.36 Å². The molecule has 2 amide bonds. The summed E-state index contributed by atoms with van der Waals surface area (Å²) in [6.45, 7) is 8.28. The van der Waals surface area contributed by atoms with Crippen molar-refractivity contribution in [2.24, 2.45) is 0 Å². The van der Waals surface area contributed by atoms with Crippen LogP contribution in [0.25, 0.3) is 22.0 Å². The van der Waals surface area contributed by atoms with E-state index in [1.807, 2.05) is 45.0 Å². The first-order valence-electron chi connectivity index (χ1n) is 15.3. The van der Waals surface area contributed by atoms with E-state index in [9.17, 15) is 14.4 Å². The average molecular weight is 629 g/mol. The highest BCUT2D eigenvalue weighted by Gasteiger charge is 2.32. The minimum Gasteiger partial charge on any atom is -0.449 e. The Labute approximate surface area is 267 Å². The highest BCUT2D eigenvalue weighted by molar-refractivity contribution is 6.35. The van der Waals surface area contributed by atoms with Crippen molar-refractivity contribution in [2.75, 3.05) is 19.7 Å². The first-order chi connectivity index (χ1) is 21.5. The van der Waals surface area contributed by atoms with Gasteiger partial charge in [0.25, 0.3) is 5.56 Å². The van der Waals surface area contributed by atoms with E-state index in [0.717, 1.165) is 22.3 Å². The lowest BCUT2D eigenvalue weighted by atomic mass is 9.98. The average Bonchev–Trinajstić information content (AvgIpc) is 3.32. The number of hydrogen-bond acceptors (Lipinski definition) is 6. The van der Waals surface area contributed by atoms with Crippen molar-refractivity contribution in [3.63, 3.8) is 0 Å². The van der Waals surface area contributed by atoms with E-state index in [4.69, 9.17) is 26.1 Å². The molecular weight excluding hydrogens is 592 g/mol. The molecule has 6 rings (SSSR count). The van der Waals surface area contributed by atoms with Crippen molar-refractivity contribution in [1.29, 1.82) is 0 Å². The molecule has 0 radical (unpaired) electrons. The lowest BCUT2D eigenvalue weighted by Gasteiger charge is -2.35. The third-order valence-corrected chi connectivity index (χ3v) is 8.77. The number of benzene rings is 3. The second-order valence-corrected chi connectivity index (χ2v) is 13.1. The topological polar surface area (TPSA) is 103 Å².